The van der Waals surface area contributed by atoms with E-state index >= 15 is 0 Å². The molecule has 1 aromatic rings. The van der Waals surface area contributed by atoms with Crippen LogP contribution in [0.2, 0.25) is 0 Å². The minimum Gasteiger partial charge on any atom is -0.338 e. The Bertz CT molecular complexity index is 343. The first-order valence-electron chi connectivity index (χ1n) is 5.20. The molecule has 1 amide bonds. The third-order valence-electron chi connectivity index (χ3n) is 2.46. The van der Waals surface area contributed by atoms with Crippen LogP contribution in [0.5, 0.6) is 0 Å². The fraction of sp³-hybridized carbons (Fsp3) is 0.636. The summed E-state index contributed by atoms with van der Waals surface area (Å²) in [4.78, 5) is 17.8. The molecule has 2 N–H and O–H groups in total. The van der Waals surface area contributed by atoms with Crippen LogP contribution >= 0.6 is 11.3 Å². The van der Waals surface area contributed by atoms with Crippen molar-refractivity contribution in [3.05, 3.63) is 16.6 Å². The highest BCUT2D eigenvalue weighted by Gasteiger charge is 2.29. The maximum atomic E-state index is 12.0. The molecule has 0 saturated heterocycles. The lowest BCUT2D eigenvalue weighted by atomic mass is 9.86. The first-order chi connectivity index (χ1) is 7.32. The molecule has 90 valence electrons. The Morgan fingerprint density at radius 2 is 2.25 bits per heavy atom. The third-order valence-corrected chi connectivity index (χ3v) is 3.09. The number of aromatic nitrogens is 1. The van der Waals surface area contributed by atoms with E-state index in [0.29, 0.717) is 6.54 Å². The van der Waals surface area contributed by atoms with Crippen molar-refractivity contribution in [1.82, 2.24) is 9.88 Å². The van der Waals surface area contributed by atoms with Crippen molar-refractivity contribution in [2.75, 3.05) is 7.05 Å². The highest BCUT2D eigenvalue weighted by Crippen LogP contribution is 2.19. The first kappa shape index (κ1) is 13.1. The molecule has 0 unspecified atom stereocenters. The molecule has 0 aliphatic heterocycles. The number of hydrogen-bond donors (Lipinski definition) is 1. The normalized spacial score (nSPS) is 13.6. The Labute approximate surface area is 100 Å². The van der Waals surface area contributed by atoms with Gasteiger partial charge < -0.3 is 10.6 Å². The van der Waals surface area contributed by atoms with Gasteiger partial charge in [-0.1, -0.05) is 20.8 Å². The molecule has 0 radical (unpaired) electrons. The van der Waals surface area contributed by atoms with Gasteiger partial charge in [0, 0.05) is 12.4 Å². The van der Waals surface area contributed by atoms with Crippen LogP contribution in [0.4, 0.5) is 0 Å². The molecule has 0 bridgehead atoms. The summed E-state index contributed by atoms with van der Waals surface area (Å²) in [6.07, 6.45) is 0. The smallest absolute Gasteiger partial charge is 0.240 e. The number of nitrogens with zero attached hydrogens (tertiary/aromatic N) is 2. The van der Waals surface area contributed by atoms with Gasteiger partial charge in [0.25, 0.3) is 0 Å². The van der Waals surface area contributed by atoms with Crippen LogP contribution in [0.25, 0.3) is 0 Å². The molecular formula is C11H19N3OS. The molecule has 1 rings (SSSR count). The highest BCUT2D eigenvalue weighted by molar-refractivity contribution is 7.07. The molecular weight excluding hydrogens is 222 g/mol. The molecule has 1 atom stereocenters. The molecule has 16 heavy (non-hydrogen) atoms. The van der Waals surface area contributed by atoms with E-state index in [1.165, 1.54) is 11.3 Å². The van der Waals surface area contributed by atoms with Crippen LogP contribution < -0.4 is 5.73 Å². The van der Waals surface area contributed by atoms with Gasteiger partial charge in [-0.25, -0.2) is 4.98 Å². The fourth-order valence-electron chi connectivity index (χ4n) is 1.24. The second-order valence-corrected chi connectivity index (χ2v) is 5.74. The number of hydrogen-bond acceptors (Lipinski definition) is 4. The Morgan fingerprint density at radius 1 is 1.62 bits per heavy atom. The standard InChI is InChI=1S/C11H19N3OS/c1-11(2,3)9(12)10(15)14(4)5-8-6-16-7-13-8/h6-7,9H,5,12H2,1-4H3/t9-/m0/s1. The number of likely N-dealkylation sites (N-methyl/N-ethyl adjacent to an activating group) is 1. The average Bonchev–Trinajstić information content (AvgIpc) is 2.66. The summed E-state index contributed by atoms with van der Waals surface area (Å²) in [6.45, 7) is 6.41. The quantitative estimate of drug-likeness (QED) is 0.872. The van der Waals surface area contributed by atoms with Gasteiger partial charge in [0.1, 0.15) is 0 Å². The van der Waals surface area contributed by atoms with Crippen LogP contribution in [0.15, 0.2) is 10.9 Å². The molecule has 1 heterocycles. The lowest BCUT2D eigenvalue weighted by molar-refractivity contribution is -0.134. The second kappa shape index (κ2) is 4.93. The molecule has 0 saturated carbocycles. The van der Waals surface area contributed by atoms with E-state index in [2.05, 4.69) is 4.98 Å². The molecule has 4 nitrogen and oxygen atoms in total. The van der Waals surface area contributed by atoms with Crippen LogP contribution in [-0.2, 0) is 11.3 Å². The maximum absolute atomic E-state index is 12.0. The van der Waals surface area contributed by atoms with Crippen molar-refractivity contribution in [2.24, 2.45) is 11.1 Å². The van der Waals surface area contributed by atoms with E-state index in [1.807, 2.05) is 26.2 Å². The monoisotopic (exact) mass is 241 g/mol. The Kier molecular flexibility index (Phi) is 4.04. The number of rotatable bonds is 3. The van der Waals surface area contributed by atoms with Crippen LogP contribution in [-0.4, -0.2) is 28.9 Å². The fourth-order valence-corrected chi connectivity index (χ4v) is 1.79. The summed E-state index contributed by atoms with van der Waals surface area (Å²) >= 11 is 1.53. The zero-order valence-electron chi connectivity index (χ0n) is 10.2. The van der Waals surface area contributed by atoms with Crippen molar-refractivity contribution >= 4 is 17.2 Å². The van der Waals surface area contributed by atoms with Crippen LogP contribution in [0.1, 0.15) is 26.5 Å². The van der Waals surface area contributed by atoms with Gasteiger partial charge in [0.05, 0.1) is 23.8 Å². The number of amides is 1. The van der Waals surface area contributed by atoms with Gasteiger partial charge >= 0.3 is 0 Å². The summed E-state index contributed by atoms with van der Waals surface area (Å²) < 4.78 is 0. The topological polar surface area (TPSA) is 59.2 Å². The average molecular weight is 241 g/mol. The summed E-state index contributed by atoms with van der Waals surface area (Å²) in [7, 11) is 1.76. The molecule has 0 aliphatic rings. The lowest BCUT2D eigenvalue weighted by Crippen LogP contribution is -2.48. The van der Waals surface area contributed by atoms with E-state index in [4.69, 9.17) is 5.73 Å². The molecule has 5 heteroatoms. The Balaban J connectivity index is 2.61. The number of nitrogens with two attached hydrogens (primary N) is 1. The largest absolute Gasteiger partial charge is 0.338 e. The Morgan fingerprint density at radius 3 is 2.69 bits per heavy atom. The van der Waals surface area contributed by atoms with E-state index in [1.54, 1.807) is 17.5 Å². The minimum atomic E-state index is -0.476. The SMILES string of the molecule is CN(Cc1cscn1)C(=O)[C@H](N)C(C)(C)C. The van der Waals surface area contributed by atoms with E-state index in [9.17, 15) is 4.79 Å². The molecule has 0 aromatic carbocycles. The van der Waals surface area contributed by atoms with E-state index in [0.717, 1.165) is 5.69 Å². The van der Waals surface area contributed by atoms with Crippen LogP contribution in [0.3, 0.4) is 0 Å². The molecule has 0 aliphatic carbocycles. The second-order valence-electron chi connectivity index (χ2n) is 5.02. The summed E-state index contributed by atoms with van der Waals surface area (Å²) in [5, 5.41) is 1.94. The zero-order chi connectivity index (χ0) is 12.3. The number of carbonyl (C=O) groups is 1. The predicted octanol–water partition coefficient (Wildman–Crippen LogP) is 1.47. The van der Waals surface area contributed by atoms with Crippen molar-refractivity contribution in [1.29, 1.82) is 0 Å². The molecule has 1 aromatic heterocycles. The zero-order valence-corrected chi connectivity index (χ0v) is 11.0. The van der Waals surface area contributed by atoms with E-state index in [-0.39, 0.29) is 11.3 Å². The molecule has 0 spiro atoms. The van der Waals surface area contributed by atoms with Crippen molar-refractivity contribution < 1.29 is 4.79 Å². The predicted molar refractivity (Wildman–Crippen MR) is 66.0 cm³/mol. The van der Waals surface area contributed by atoms with Crippen molar-refractivity contribution in [3.8, 4) is 0 Å². The van der Waals surface area contributed by atoms with Gasteiger partial charge in [0.2, 0.25) is 5.91 Å². The van der Waals surface area contributed by atoms with Crippen LogP contribution in [0, 0.1) is 5.41 Å². The highest BCUT2D eigenvalue weighted by atomic mass is 32.1. The van der Waals surface area contributed by atoms with Crippen molar-refractivity contribution in [2.45, 2.75) is 33.4 Å². The van der Waals surface area contributed by atoms with Gasteiger partial charge in [0.15, 0.2) is 0 Å². The number of thiazole rings is 1. The van der Waals surface area contributed by atoms with Gasteiger partial charge in [-0.15, -0.1) is 11.3 Å². The van der Waals surface area contributed by atoms with E-state index < -0.39 is 6.04 Å². The maximum Gasteiger partial charge on any atom is 0.240 e. The van der Waals surface area contributed by atoms with Gasteiger partial charge in [-0.2, -0.15) is 0 Å². The summed E-state index contributed by atoms with van der Waals surface area (Å²) in [5.41, 5.74) is 8.37. The number of carbonyl (C=O) groups excluding carboxylic acids is 1. The van der Waals surface area contributed by atoms with Crippen molar-refractivity contribution in [3.63, 3.8) is 0 Å². The first-order valence-corrected chi connectivity index (χ1v) is 6.14. The third kappa shape index (κ3) is 3.28. The summed E-state index contributed by atoms with van der Waals surface area (Å²) in [5.74, 6) is -0.0412. The summed E-state index contributed by atoms with van der Waals surface area (Å²) in [6, 6.07) is -0.476. The van der Waals surface area contributed by atoms with Gasteiger partial charge in [-0.3, -0.25) is 4.79 Å². The molecule has 0 fully saturated rings. The Hall–Kier alpha value is -0.940. The van der Waals surface area contributed by atoms with Gasteiger partial charge in [-0.05, 0) is 5.41 Å². The lowest BCUT2D eigenvalue weighted by Gasteiger charge is -2.29. The minimum absolute atomic E-state index is 0.0412.